The largest absolute Gasteiger partial charge is 0.294 e. The van der Waals surface area contributed by atoms with Crippen molar-refractivity contribution in [3.05, 3.63) is 64.7 Å². The van der Waals surface area contributed by atoms with Gasteiger partial charge < -0.3 is 0 Å². The number of aryl methyl sites for hydroxylation is 1. The van der Waals surface area contributed by atoms with Gasteiger partial charge in [-0.05, 0) is 68.2 Å². The summed E-state index contributed by atoms with van der Waals surface area (Å²) < 4.78 is 33.1. The van der Waals surface area contributed by atoms with Crippen molar-refractivity contribution in [2.24, 2.45) is 5.92 Å². The maximum atomic E-state index is 12.6. The van der Waals surface area contributed by atoms with Crippen molar-refractivity contribution in [1.29, 1.82) is 0 Å². The van der Waals surface area contributed by atoms with Gasteiger partial charge in [-0.1, -0.05) is 29.8 Å². The Labute approximate surface area is 170 Å². The molecule has 1 saturated carbocycles. The third kappa shape index (κ3) is 3.72. The van der Waals surface area contributed by atoms with Gasteiger partial charge in [-0.15, -0.1) is 0 Å². The molecule has 1 aliphatic carbocycles. The monoisotopic (exact) mass is 413 g/mol. The molecule has 1 aliphatic heterocycles. The number of carbonyl (C=O) groups is 2. The van der Waals surface area contributed by atoms with Crippen molar-refractivity contribution < 1.29 is 22.6 Å². The lowest BCUT2D eigenvalue weighted by Crippen LogP contribution is -2.35. The molecule has 0 saturated heterocycles. The van der Waals surface area contributed by atoms with Gasteiger partial charge in [0.05, 0.1) is 16.0 Å². The lowest BCUT2D eigenvalue weighted by atomic mass is 9.78. The topological polar surface area (TPSA) is 91.8 Å². The van der Waals surface area contributed by atoms with Gasteiger partial charge in [-0.25, -0.2) is 0 Å². The highest BCUT2D eigenvalue weighted by Crippen LogP contribution is 2.39. The Morgan fingerprint density at radius 1 is 0.966 bits per heavy atom. The molecule has 152 valence electrons. The fourth-order valence-electron chi connectivity index (χ4n) is 4.54. The molecule has 1 heterocycles. The second-order valence-electron chi connectivity index (χ2n) is 8.00. The first-order chi connectivity index (χ1) is 13.8. The number of fused-ring (bicyclic) bond motifs is 1. The zero-order valence-electron chi connectivity index (χ0n) is 16.2. The van der Waals surface area contributed by atoms with E-state index in [1.54, 1.807) is 30.3 Å². The zero-order chi connectivity index (χ0) is 20.8. The van der Waals surface area contributed by atoms with Crippen molar-refractivity contribution in [3.63, 3.8) is 0 Å². The second-order valence-corrected chi connectivity index (χ2v) is 9.39. The van der Waals surface area contributed by atoms with Gasteiger partial charge in [0.1, 0.15) is 0 Å². The average molecular weight is 413 g/mol. The van der Waals surface area contributed by atoms with Gasteiger partial charge in [0.15, 0.2) is 0 Å². The van der Waals surface area contributed by atoms with E-state index < -0.39 is 10.1 Å². The van der Waals surface area contributed by atoms with Crippen LogP contribution in [-0.4, -0.2) is 36.2 Å². The molecular formula is C22H23NO5S. The van der Waals surface area contributed by atoms with E-state index in [2.05, 4.69) is 0 Å². The molecule has 1 fully saturated rings. The molecule has 2 amide bonds. The minimum Gasteiger partial charge on any atom is -0.282 e. The van der Waals surface area contributed by atoms with Crippen LogP contribution in [0.1, 0.15) is 63.4 Å². The SMILES string of the molecule is Cc1ccc(S(=O)(=O)O)c(C2CCC(CN3C(=O)c4ccccc4C3=O)CC2)c1. The summed E-state index contributed by atoms with van der Waals surface area (Å²) in [7, 11) is -4.27. The average Bonchev–Trinajstić information content (AvgIpc) is 2.93. The first-order valence-electron chi connectivity index (χ1n) is 9.79. The van der Waals surface area contributed by atoms with Gasteiger partial charge >= 0.3 is 0 Å². The zero-order valence-corrected chi connectivity index (χ0v) is 17.0. The molecule has 2 aromatic rings. The molecule has 0 spiro atoms. The van der Waals surface area contributed by atoms with Gasteiger partial charge in [0.2, 0.25) is 0 Å². The van der Waals surface area contributed by atoms with Crippen LogP contribution in [0.25, 0.3) is 0 Å². The molecule has 1 N–H and O–H groups in total. The second kappa shape index (κ2) is 7.39. The van der Waals surface area contributed by atoms with E-state index in [1.807, 2.05) is 13.0 Å². The number of amides is 2. The highest BCUT2D eigenvalue weighted by Gasteiger charge is 2.37. The van der Waals surface area contributed by atoms with Crippen LogP contribution in [0.15, 0.2) is 47.4 Å². The Morgan fingerprint density at radius 3 is 2.10 bits per heavy atom. The Hall–Kier alpha value is -2.51. The molecule has 4 rings (SSSR count). The van der Waals surface area contributed by atoms with E-state index in [4.69, 9.17) is 0 Å². The van der Waals surface area contributed by atoms with Gasteiger partial charge in [0.25, 0.3) is 21.9 Å². The lowest BCUT2D eigenvalue weighted by molar-refractivity contribution is 0.0614. The van der Waals surface area contributed by atoms with Crippen LogP contribution in [0.2, 0.25) is 0 Å². The van der Waals surface area contributed by atoms with E-state index >= 15 is 0 Å². The fraction of sp³-hybridized carbons (Fsp3) is 0.364. The highest BCUT2D eigenvalue weighted by atomic mass is 32.2. The Kier molecular flexibility index (Phi) is 5.04. The minimum absolute atomic E-state index is 0.0214. The summed E-state index contributed by atoms with van der Waals surface area (Å²) in [5.41, 5.74) is 2.53. The number of hydrogen-bond donors (Lipinski definition) is 1. The molecule has 6 nitrogen and oxygen atoms in total. The number of nitrogens with zero attached hydrogens (tertiary/aromatic N) is 1. The third-order valence-electron chi connectivity index (χ3n) is 6.05. The molecule has 29 heavy (non-hydrogen) atoms. The van der Waals surface area contributed by atoms with Crippen LogP contribution < -0.4 is 0 Å². The Balaban J connectivity index is 1.46. The molecule has 2 aliphatic rings. The third-order valence-corrected chi connectivity index (χ3v) is 6.98. The summed E-state index contributed by atoms with van der Waals surface area (Å²) in [6.07, 6.45) is 3.08. The number of carbonyl (C=O) groups excluding carboxylic acids is 2. The summed E-state index contributed by atoms with van der Waals surface area (Å²) in [6.45, 7) is 2.28. The Bertz CT molecular complexity index is 1050. The predicted molar refractivity (Wildman–Crippen MR) is 108 cm³/mol. The maximum absolute atomic E-state index is 12.6. The molecular weight excluding hydrogens is 390 g/mol. The molecule has 7 heteroatoms. The van der Waals surface area contributed by atoms with Crippen LogP contribution in [0.5, 0.6) is 0 Å². The number of rotatable bonds is 4. The molecule has 0 bridgehead atoms. The van der Waals surface area contributed by atoms with Crippen molar-refractivity contribution >= 4 is 21.9 Å². The molecule has 0 radical (unpaired) electrons. The van der Waals surface area contributed by atoms with Gasteiger partial charge in [0, 0.05) is 6.54 Å². The summed E-state index contributed by atoms with van der Waals surface area (Å²) in [5.74, 6) is -0.252. The van der Waals surface area contributed by atoms with E-state index in [9.17, 15) is 22.6 Å². The van der Waals surface area contributed by atoms with E-state index in [-0.39, 0.29) is 28.5 Å². The predicted octanol–water partition coefficient (Wildman–Crippen LogP) is 3.81. The van der Waals surface area contributed by atoms with Crippen molar-refractivity contribution in [1.82, 2.24) is 4.90 Å². The van der Waals surface area contributed by atoms with Crippen LogP contribution in [0.4, 0.5) is 0 Å². The van der Waals surface area contributed by atoms with E-state index in [0.29, 0.717) is 23.2 Å². The molecule has 0 atom stereocenters. The van der Waals surface area contributed by atoms with Gasteiger partial charge in [-0.3, -0.25) is 19.0 Å². The Morgan fingerprint density at radius 2 is 1.55 bits per heavy atom. The molecule has 0 unspecified atom stereocenters. The summed E-state index contributed by atoms with van der Waals surface area (Å²) >= 11 is 0. The quantitative estimate of drug-likeness (QED) is 0.608. The summed E-state index contributed by atoms with van der Waals surface area (Å²) in [5, 5.41) is 0. The fourth-order valence-corrected chi connectivity index (χ4v) is 5.30. The number of hydrogen-bond acceptors (Lipinski definition) is 4. The molecule has 0 aromatic heterocycles. The van der Waals surface area contributed by atoms with Crippen LogP contribution in [0, 0.1) is 12.8 Å². The maximum Gasteiger partial charge on any atom is 0.294 e. The van der Waals surface area contributed by atoms with Crippen LogP contribution in [-0.2, 0) is 10.1 Å². The van der Waals surface area contributed by atoms with Crippen LogP contribution in [0.3, 0.4) is 0 Å². The van der Waals surface area contributed by atoms with Crippen LogP contribution >= 0.6 is 0 Å². The number of benzene rings is 2. The van der Waals surface area contributed by atoms with Gasteiger partial charge in [-0.2, -0.15) is 8.42 Å². The minimum atomic E-state index is -4.27. The van der Waals surface area contributed by atoms with E-state index in [1.165, 1.54) is 11.0 Å². The smallest absolute Gasteiger partial charge is 0.282 e. The molecule has 2 aromatic carbocycles. The van der Waals surface area contributed by atoms with E-state index in [0.717, 1.165) is 31.2 Å². The van der Waals surface area contributed by atoms with Crippen molar-refractivity contribution in [3.8, 4) is 0 Å². The first kappa shape index (κ1) is 19.8. The standard InChI is InChI=1S/C22H23NO5S/c1-14-6-11-20(29(26,27)28)19(12-14)16-9-7-15(8-10-16)13-23-21(24)17-4-2-3-5-18(17)22(23)25/h2-6,11-12,15-16H,7-10,13H2,1H3,(H,26,27,28). The van der Waals surface area contributed by atoms with Crippen molar-refractivity contribution in [2.45, 2.75) is 43.4 Å². The normalized spacial score (nSPS) is 22.1. The highest BCUT2D eigenvalue weighted by molar-refractivity contribution is 7.85. The first-order valence-corrected chi connectivity index (χ1v) is 11.2. The summed E-state index contributed by atoms with van der Waals surface area (Å²) in [6, 6.07) is 11.9. The van der Waals surface area contributed by atoms with Crippen molar-refractivity contribution in [2.75, 3.05) is 6.54 Å². The number of imide groups is 1. The lowest BCUT2D eigenvalue weighted by Gasteiger charge is -2.31. The summed E-state index contributed by atoms with van der Waals surface area (Å²) in [4.78, 5) is 26.5.